The van der Waals surface area contributed by atoms with Gasteiger partial charge in [0.2, 0.25) is 5.82 Å². The van der Waals surface area contributed by atoms with E-state index in [2.05, 4.69) is 10.1 Å². The number of benzene rings is 1. The Kier molecular flexibility index (Phi) is 4.22. The van der Waals surface area contributed by atoms with E-state index in [-0.39, 0.29) is 5.82 Å². The molecular formula is C12H12Cl2N2O2. The highest BCUT2D eigenvalue weighted by Crippen LogP contribution is 2.27. The molecule has 0 saturated heterocycles. The summed E-state index contributed by atoms with van der Waals surface area (Å²) in [5, 5.41) is 14.5. The fourth-order valence-corrected chi connectivity index (χ4v) is 2.09. The summed E-state index contributed by atoms with van der Waals surface area (Å²) in [6.45, 7) is 1.97. The molecule has 0 amide bonds. The summed E-state index contributed by atoms with van der Waals surface area (Å²) in [5.41, 5.74) is 0.634. The first-order chi connectivity index (χ1) is 8.60. The Balaban J connectivity index is 2.29. The molecule has 96 valence electrons. The zero-order chi connectivity index (χ0) is 13.1. The van der Waals surface area contributed by atoms with Gasteiger partial charge in [0.25, 0.3) is 5.89 Å². The van der Waals surface area contributed by atoms with E-state index in [1.165, 1.54) is 0 Å². The number of aromatic nitrogens is 2. The van der Waals surface area contributed by atoms with E-state index in [1.807, 2.05) is 6.92 Å². The van der Waals surface area contributed by atoms with E-state index in [1.54, 1.807) is 18.2 Å². The van der Waals surface area contributed by atoms with Crippen LogP contribution in [0.2, 0.25) is 10.0 Å². The number of hydrogen-bond acceptors (Lipinski definition) is 4. The van der Waals surface area contributed by atoms with Crippen molar-refractivity contribution in [2.24, 2.45) is 0 Å². The summed E-state index contributed by atoms with van der Waals surface area (Å²) < 4.78 is 5.09. The van der Waals surface area contributed by atoms with Crippen molar-refractivity contribution in [3.05, 3.63) is 34.1 Å². The van der Waals surface area contributed by atoms with Crippen LogP contribution in [-0.2, 0) is 0 Å². The van der Waals surface area contributed by atoms with Crippen LogP contribution in [0.25, 0.3) is 11.5 Å². The largest absolute Gasteiger partial charge is 0.385 e. The minimum Gasteiger partial charge on any atom is -0.385 e. The lowest BCUT2D eigenvalue weighted by Gasteiger charge is -2.01. The standard InChI is InChI=1S/C12H12Cl2N2O2/c1-2-3-10(17)11-15-12(18-16-11)7-4-8(13)6-9(14)5-7/h4-6,10,17H,2-3H2,1H3. The van der Waals surface area contributed by atoms with E-state index < -0.39 is 6.10 Å². The molecule has 0 saturated carbocycles. The Morgan fingerprint density at radius 2 is 1.94 bits per heavy atom. The number of hydrogen-bond donors (Lipinski definition) is 1. The minimum atomic E-state index is -0.706. The predicted molar refractivity (Wildman–Crippen MR) is 69.6 cm³/mol. The molecule has 1 atom stereocenters. The van der Waals surface area contributed by atoms with Crippen molar-refractivity contribution in [3.63, 3.8) is 0 Å². The molecule has 0 spiro atoms. The first-order valence-electron chi connectivity index (χ1n) is 5.58. The molecule has 18 heavy (non-hydrogen) atoms. The lowest BCUT2D eigenvalue weighted by Crippen LogP contribution is -1.98. The van der Waals surface area contributed by atoms with Gasteiger partial charge in [-0.1, -0.05) is 41.7 Å². The molecule has 1 N–H and O–H groups in total. The minimum absolute atomic E-state index is 0.281. The molecule has 2 rings (SSSR count). The van der Waals surface area contributed by atoms with Crippen molar-refractivity contribution in [1.82, 2.24) is 10.1 Å². The maximum Gasteiger partial charge on any atom is 0.258 e. The Hall–Kier alpha value is -1.10. The monoisotopic (exact) mass is 286 g/mol. The second-order valence-corrected chi connectivity index (χ2v) is 4.79. The molecule has 6 heteroatoms. The fourth-order valence-electron chi connectivity index (χ4n) is 1.57. The highest BCUT2D eigenvalue weighted by atomic mass is 35.5. The first kappa shape index (κ1) is 13.3. The summed E-state index contributed by atoms with van der Waals surface area (Å²) in [6.07, 6.45) is 0.728. The summed E-state index contributed by atoms with van der Waals surface area (Å²) in [4.78, 5) is 4.14. The summed E-state index contributed by atoms with van der Waals surface area (Å²) in [7, 11) is 0. The van der Waals surface area contributed by atoms with Gasteiger partial charge in [-0.25, -0.2) is 0 Å². The third-order valence-corrected chi connectivity index (χ3v) is 2.85. The molecular weight excluding hydrogens is 275 g/mol. The summed E-state index contributed by atoms with van der Waals surface area (Å²) >= 11 is 11.8. The van der Waals surface area contributed by atoms with Gasteiger partial charge < -0.3 is 9.63 Å². The fraction of sp³-hybridized carbons (Fsp3) is 0.333. The Morgan fingerprint density at radius 1 is 1.28 bits per heavy atom. The highest BCUT2D eigenvalue weighted by Gasteiger charge is 2.16. The topological polar surface area (TPSA) is 59.2 Å². The molecule has 1 heterocycles. The normalized spacial score (nSPS) is 12.7. The molecule has 0 aliphatic carbocycles. The third-order valence-electron chi connectivity index (χ3n) is 2.41. The molecule has 2 aromatic rings. The van der Waals surface area contributed by atoms with Crippen LogP contribution in [0.5, 0.6) is 0 Å². The van der Waals surface area contributed by atoms with Crippen LogP contribution >= 0.6 is 23.2 Å². The van der Waals surface area contributed by atoms with Gasteiger partial charge in [0, 0.05) is 15.6 Å². The molecule has 0 radical (unpaired) electrons. The van der Waals surface area contributed by atoms with Crippen molar-refractivity contribution in [2.45, 2.75) is 25.9 Å². The lowest BCUT2D eigenvalue weighted by molar-refractivity contribution is 0.153. The molecule has 4 nitrogen and oxygen atoms in total. The van der Waals surface area contributed by atoms with E-state index in [0.717, 1.165) is 6.42 Å². The van der Waals surface area contributed by atoms with Gasteiger partial charge in [-0.2, -0.15) is 4.98 Å². The van der Waals surface area contributed by atoms with Crippen LogP contribution < -0.4 is 0 Å². The van der Waals surface area contributed by atoms with Gasteiger partial charge in [-0.3, -0.25) is 0 Å². The van der Waals surface area contributed by atoms with E-state index >= 15 is 0 Å². The first-order valence-corrected chi connectivity index (χ1v) is 6.34. The van der Waals surface area contributed by atoms with Crippen LogP contribution in [-0.4, -0.2) is 15.2 Å². The molecule has 1 aromatic carbocycles. The Bertz CT molecular complexity index is 522. The van der Waals surface area contributed by atoms with Crippen LogP contribution in [0.3, 0.4) is 0 Å². The Labute approximate surface area is 115 Å². The van der Waals surface area contributed by atoms with Crippen molar-refractivity contribution < 1.29 is 9.63 Å². The zero-order valence-electron chi connectivity index (χ0n) is 9.73. The molecule has 0 bridgehead atoms. The smallest absolute Gasteiger partial charge is 0.258 e. The number of aliphatic hydroxyl groups is 1. The molecule has 1 aromatic heterocycles. The quantitative estimate of drug-likeness (QED) is 0.927. The predicted octanol–water partition coefficient (Wildman–Crippen LogP) is 3.88. The van der Waals surface area contributed by atoms with Crippen LogP contribution in [0.1, 0.15) is 31.7 Å². The Morgan fingerprint density at radius 3 is 2.56 bits per heavy atom. The van der Waals surface area contributed by atoms with Crippen LogP contribution in [0.15, 0.2) is 22.7 Å². The van der Waals surface area contributed by atoms with Crippen molar-refractivity contribution in [3.8, 4) is 11.5 Å². The lowest BCUT2D eigenvalue weighted by atomic mass is 10.2. The maximum absolute atomic E-state index is 9.75. The van der Waals surface area contributed by atoms with Crippen molar-refractivity contribution in [2.75, 3.05) is 0 Å². The summed E-state index contributed by atoms with van der Waals surface area (Å²) in [5.74, 6) is 0.576. The molecule has 0 fully saturated rings. The molecule has 1 unspecified atom stereocenters. The average molecular weight is 287 g/mol. The highest BCUT2D eigenvalue weighted by molar-refractivity contribution is 6.35. The molecule has 0 aliphatic rings. The second kappa shape index (κ2) is 5.69. The van der Waals surface area contributed by atoms with Gasteiger partial charge in [0.15, 0.2) is 0 Å². The number of aliphatic hydroxyl groups excluding tert-OH is 1. The van der Waals surface area contributed by atoms with Gasteiger partial charge in [0.05, 0.1) is 0 Å². The SMILES string of the molecule is CCCC(O)c1noc(-c2cc(Cl)cc(Cl)c2)n1. The van der Waals surface area contributed by atoms with E-state index in [4.69, 9.17) is 27.7 Å². The van der Waals surface area contributed by atoms with Gasteiger partial charge >= 0.3 is 0 Å². The van der Waals surface area contributed by atoms with Crippen molar-refractivity contribution in [1.29, 1.82) is 0 Å². The average Bonchev–Trinajstić information content (AvgIpc) is 2.77. The van der Waals surface area contributed by atoms with E-state index in [9.17, 15) is 5.11 Å². The van der Waals surface area contributed by atoms with Crippen LogP contribution in [0, 0.1) is 0 Å². The number of halogens is 2. The number of nitrogens with zero attached hydrogens (tertiary/aromatic N) is 2. The second-order valence-electron chi connectivity index (χ2n) is 3.92. The van der Waals surface area contributed by atoms with Gasteiger partial charge in [0.1, 0.15) is 6.10 Å². The van der Waals surface area contributed by atoms with E-state index in [0.29, 0.717) is 27.9 Å². The maximum atomic E-state index is 9.75. The van der Waals surface area contributed by atoms with Crippen molar-refractivity contribution >= 4 is 23.2 Å². The molecule has 0 aliphatic heterocycles. The summed E-state index contributed by atoms with van der Waals surface area (Å²) in [6, 6.07) is 4.98. The van der Waals surface area contributed by atoms with Gasteiger partial charge in [-0.15, -0.1) is 0 Å². The van der Waals surface area contributed by atoms with Gasteiger partial charge in [-0.05, 0) is 24.6 Å². The number of rotatable bonds is 4. The third kappa shape index (κ3) is 3.02. The zero-order valence-corrected chi connectivity index (χ0v) is 11.2. The van der Waals surface area contributed by atoms with Crippen LogP contribution in [0.4, 0.5) is 0 Å².